The van der Waals surface area contributed by atoms with E-state index in [1.807, 2.05) is 0 Å². The second-order valence-corrected chi connectivity index (χ2v) is 2.24. The van der Waals surface area contributed by atoms with Crippen molar-refractivity contribution in [3.63, 3.8) is 0 Å². The molecule has 0 bridgehead atoms. The van der Waals surface area contributed by atoms with E-state index >= 15 is 0 Å². The van der Waals surface area contributed by atoms with E-state index in [9.17, 15) is 26.3 Å². The van der Waals surface area contributed by atoms with Gasteiger partial charge in [0.2, 0.25) is 0 Å². The van der Waals surface area contributed by atoms with Crippen LogP contribution < -0.4 is 0 Å². The van der Waals surface area contributed by atoms with E-state index in [1.165, 1.54) is 0 Å². The molecule has 0 aliphatic rings. The van der Waals surface area contributed by atoms with Gasteiger partial charge in [-0.1, -0.05) is 0 Å². The Kier molecular flexibility index (Phi) is 2.79. The maximum absolute atomic E-state index is 11.9. The fourth-order valence-electron chi connectivity index (χ4n) is 0.382. The number of alkyl halides is 6. The van der Waals surface area contributed by atoms with Crippen molar-refractivity contribution in [2.24, 2.45) is 0 Å². The highest BCUT2D eigenvalue weighted by Crippen LogP contribution is 2.31. The lowest BCUT2D eigenvalue weighted by Crippen LogP contribution is -2.30. The largest absolute Gasteiger partial charge is 0.392 e. The van der Waals surface area contributed by atoms with E-state index in [0.717, 1.165) is 0 Å². The van der Waals surface area contributed by atoms with Gasteiger partial charge < -0.3 is 0 Å². The molecule has 0 aliphatic heterocycles. The first-order chi connectivity index (χ1) is 4.63. The van der Waals surface area contributed by atoms with Crippen LogP contribution in [0.3, 0.4) is 0 Å². The number of hydrogen-bond acceptors (Lipinski definition) is 0. The van der Waals surface area contributed by atoms with Crippen molar-refractivity contribution in [3.8, 4) is 0 Å². The Morgan fingerprint density at radius 1 is 1.09 bits per heavy atom. The second-order valence-electron chi connectivity index (χ2n) is 2.24. The second kappa shape index (κ2) is 2.91. The standard InChI is InChI=1S/C5H6F6/c1-4(7,8)3(6)2-5(9,10)11/h3H,2H2,1H3. The quantitative estimate of drug-likeness (QED) is 0.573. The average Bonchev–Trinajstić information content (AvgIpc) is 1.56. The van der Waals surface area contributed by atoms with Crippen molar-refractivity contribution >= 4 is 0 Å². The lowest BCUT2D eigenvalue weighted by Gasteiger charge is -2.16. The molecule has 0 fully saturated rings. The molecule has 0 N–H and O–H groups in total. The molecular weight excluding hydrogens is 174 g/mol. The summed E-state index contributed by atoms with van der Waals surface area (Å²) in [6, 6.07) is 0. The molecule has 0 rings (SSSR count). The smallest absolute Gasteiger partial charge is 0.241 e. The van der Waals surface area contributed by atoms with Gasteiger partial charge in [-0.2, -0.15) is 13.2 Å². The molecule has 0 saturated heterocycles. The van der Waals surface area contributed by atoms with Gasteiger partial charge >= 0.3 is 6.18 Å². The van der Waals surface area contributed by atoms with Gasteiger partial charge in [0.05, 0.1) is 6.42 Å². The van der Waals surface area contributed by atoms with Gasteiger partial charge in [0.1, 0.15) is 0 Å². The van der Waals surface area contributed by atoms with Gasteiger partial charge in [-0.15, -0.1) is 0 Å². The summed E-state index contributed by atoms with van der Waals surface area (Å²) in [4.78, 5) is 0. The molecule has 0 nitrogen and oxygen atoms in total. The van der Waals surface area contributed by atoms with Crippen LogP contribution in [0.4, 0.5) is 26.3 Å². The number of rotatable bonds is 2. The summed E-state index contributed by atoms with van der Waals surface area (Å²) >= 11 is 0. The summed E-state index contributed by atoms with van der Waals surface area (Å²) in [6.07, 6.45) is -10.1. The molecule has 0 spiro atoms. The molecule has 1 unspecified atom stereocenters. The molecule has 11 heavy (non-hydrogen) atoms. The fourth-order valence-corrected chi connectivity index (χ4v) is 0.382. The highest BCUT2D eigenvalue weighted by Gasteiger charge is 2.43. The summed E-state index contributed by atoms with van der Waals surface area (Å²) in [7, 11) is 0. The Hall–Kier alpha value is -0.420. The number of hydrogen-bond donors (Lipinski definition) is 0. The van der Waals surface area contributed by atoms with E-state index in [0.29, 0.717) is 0 Å². The van der Waals surface area contributed by atoms with Crippen LogP contribution >= 0.6 is 0 Å². The van der Waals surface area contributed by atoms with Crippen molar-refractivity contribution in [1.82, 2.24) is 0 Å². The van der Waals surface area contributed by atoms with Gasteiger partial charge in [0.15, 0.2) is 6.17 Å². The number of halogens is 6. The third kappa shape index (κ3) is 4.92. The summed E-state index contributed by atoms with van der Waals surface area (Å²) in [5.74, 6) is -3.92. The molecule has 0 radical (unpaired) electrons. The first-order valence-corrected chi connectivity index (χ1v) is 2.71. The zero-order valence-corrected chi connectivity index (χ0v) is 5.55. The summed E-state index contributed by atoms with van der Waals surface area (Å²) in [5, 5.41) is 0. The lowest BCUT2D eigenvalue weighted by atomic mass is 10.2. The maximum atomic E-state index is 11.9. The van der Waals surface area contributed by atoms with Gasteiger partial charge in [-0.3, -0.25) is 0 Å². The van der Waals surface area contributed by atoms with Gasteiger partial charge in [0.25, 0.3) is 5.92 Å². The van der Waals surface area contributed by atoms with Crippen LogP contribution in [0.1, 0.15) is 13.3 Å². The molecule has 68 valence electrons. The van der Waals surface area contributed by atoms with Crippen molar-refractivity contribution in [2.45, 2.75) is 31.6 Å². The monoisotopic (exact) mass is 180 g/mol. The van der Waals surface area contributed by atoms with Crippen molar-refractivity contribution in [1.29, 1.82) is 0 Å². The minimum Gasteiger partial charge on any atom is -0.241 e. The molecule has 6 heteroatoms. The first-order valence-electron chi connectivity index (χ1n) is 2.71. The van der Waals surface area contributed by atoms with Crippen LogP contribution in [0.25, 0.3) is 0 Å². The van der Waals surface area contributed by atoms with Gasteiger partial charge in [-0.25, -0.2) is 13.2 Å². The Morgan fingerprint density at radius 2 is 1.45 bits per heavy atom. The minimum atomic E-state index is -4.88. The zero-order chi connectivity index (χ0) is 9.28. The van der Waals surface area contributed by atoms with E-state index in [2.05, 4.69) is 0 Å². The summed E-state index contributed by atoms with van der Waals surface area (Å²) in [6.45, 7) is 0.114. The van der Waals surface area contributed by atoms with E-state index in [-0.39, 0.29) is 6.92 Å². The summed E-state index contributed by atoms with van der Waals surface area (Å²) in [5.41, 5.74) is 0. The first kappa shape index (κ1) is 10.6. The van der Waals surface area contributed by atoms with Crippen molar-refractivity contribution in [2.75, 3.05) is 0 Å². The maximum Gasteiger partial charge on any atom is 0.392 e. The Labute approximate surface area is 59.2 Å². The van der Waals surface area contributed by atoms with Gasteiger partial charge in [0, 0.05) is 6.92 Å². The lowest BCUT2D eigenvalue weighted by molar-refractivity contribution is -0.173. The Morgan fingerprint density at radius 3 is 1.55 bits per heavy atom. The van der Waals surface area contributed by atoms with Gasteiger partial charge in [-0.05, 0) is 0 Å². The highest BCUT2D eigenvalue weighted by molar-refractivity contribution is 4.74. The molecule has 0 heterocycles. The van der Waals surface area contributed by atoms with E-state index in [4.69, 9.17) is 0 Å². The van der Waals surface area contributed by atoms with Crippen LogP contribution in [-0.2, 0) is 0 Å². The zero-order valence-electron chi connectivity index (χ0n) is 5.55. The van der Waals surface area contributed by atoms with Crippen LogP contribution in [0.15, 0.2) is 0 Å². The Bertz CT molecular complexity index is 120. The molecular formula is C5H6F6. The molecule has 0 amide bonds. The molecule has 0 aromatic heterocycles. The molecule has 0 aromatic rings. The highest BCUT2D eigenvalue weighted by atomic mass is 19.4. The normalized spacial score (nSPS) is 16.6. The predicted molar refractivity (Wildman–Crippen MR) is 26.2 cm³/mol. The average molecular weight is 180 g/mol. The molecule has 1 atom stereocenters. The van der Waals surface area contributed by atoms with Crippen LogP contribution in [-0.4, -0.2) is 18.3 Å². The van der Waals surface area contributed by atoms with E-state index < -0.39 is 24.7 Å². The minimum absolute atomic E-state index is 0.114. The van der Waals surface area contributed by atoms with Crippen LogP contribution in [0.2, 0.25) is 0 Å². The molecule has 0 aromatic carbocycles. The fraction of sp³-hybridized carbons (Fsp3) is 1.00. The Balaban J connectivity index is 3.99. The van der Waals surface area contributed by atoms with Crippen LogP contribution in [0, 0.1) is 0 Å². The molecule has 0 saturated carbocycles. The van der Waals surface area contributed by atoms with E-state index in [1.54, 1.807) is 0 Å². The predicted octanol–water partition coefficient (Wildman–Crippen LogP) is 2.93. The van der Waals surface area contributed by atoms with Crippen molar-refractivity contribution in [3.05, 3.63) is 0 Å². The van der Waals surface area contributed by atoms with Crippen LogP contribution in [0.5, 0.6) is 0 Å². The topological polar surface area (TPSA) is 0 Å². The third-order valence-corrected chi connectivity index (χ3v) is 0.961. The van der Waals surface area contributed by atoms with Crippen molar-refractivity contribution < 1.29 is 26.3 Å². The summed E-state index contributed by atoms with van der Waals surface area (Å²) < 4.78 is 69.3. The SMILES string of the molecule is CC(F)(F)C(F)CC(F)(F)F. The molecule has 0 aliphatic carbocycles. The third-order valence-electron chi connectivity index (χ3n) is 0.961.